The van der Waals surface area contributed by atoms with Crippen molar-refractivity contribution in [2.75, 3.05) is 0 Å². The molecule has 31 heavy (non-hydrogen) atoms. The maximum absolute atomic E-state index is 14.3. The highest BCUT2D eigenvalue weighted by molar-refractivity contribution is 6.30. The maximum atomic E-state index is 14.3. The zero-order valence-electron chi connectivity index (χ0n) is 18.5. The molecule has 0 saturated heterocycles. The van der Waals surface area contributed by atoms with Crippen LogP contribution in [0.2, 0.25) is 5.02 Å². The van der Waals surface area contributed by atoms with Crippen LogP contribution in [-0.2, 0) is 17.0 Å². The number of rotatable bonds is 5. The molecule has 164 valence electrons. The van der Waals surface area contributed by atoms with Gasteiger partial charge in [0.05, 0.1) is 0 Å². The Hall–Kier alpha value is -2.80. The highest BCUT2D eigenvalue weighted by atomic mass is 35.5. The minimum Gasteiger partial charge on any atom is -0.297 e. The lowest BCUT2D eigenvalue weighted by atomic mass is 9.91. The van der Waals surface area contributed by atoms with Crippen LogP contribution in [0.3, 0.4) is 0 Å². The van der Waals surface area contributed by atoms with E-state index in [0.717, 1.165) is 10.2 Å². The van der Waals surface area contributed by atoms with Gasteiger partial charge in [0.25, 0.3) is 0 Å². The predicted octanol–water partition coefficient (Wildman–Crippen LogP) is 4.88. The van der Waals surface area contributed by atoms with Gasteiger partial charge >= 0.3 is 5.69 Å². The van der Waals surface area contributed by atoms with Crippen molar-refractivity contribution in [3.63, 3.8) is 0 Å². The first-order valence-electron chi connectivity index (χ1n) is 9.94. The second-order valence-electron chi connectivity index (χ2n) is 9.11. The topological polar surface area (TPSA) is 69.8 Å². The number of hydrogen-bond donors (Lipinski definition) is 0. The monoisotopic (exact) mass is 444 g/mol. The summed E-state index contributed by atoms with van der Waals surface area (Å²) in [7, 11) is 0. The van der Waals surface area contributed by atoms with Crippen LogP contribution in [0.4, 0.5) is 4.39 Å². The van der Waals surface area contributed by atoms with E-state index in [1.165, 1.54) is 24.6 Å². The van der Waals surface area contributed by atoms with Gasteiger partial charge in [0.15, 0.2) is 11.6 Å². The van der Waals surface area contributed by atoms with Crippen molar-refractivity contribution < 1.29 is 9.18 Å². The molecule has 0 unspecified atom stereocenters. The average Bonchev–Trinajstić information content (AvgIpc) is 2.96. The van der Waals surface area contributed by atoms with Gasteiger partial charge in [0.2, 0.25) is 0 Å². The summed E-state index contributed by atoms with van der Waals surface area (Å²) in [6.07, 6.45) is 1.40. The molecule has 0 fully saturated rings. The summed E-state index contributed by atoms with van der Waals surface area (Å²) in [5.74, 6) is 0.499. The van der Waals surface area contributed by atoms with Crippen LogP contribution in [-0.4, -0.2) is 25.1 Å². The van der Waals surface area contributed by atoms with Gasteiger partial charge in [0.1, 0.15) is 18.0 Å². The number of ketones is 1. The number of Topliss-reactive ketones (excluding diaryl/α,β-unsaturated/α-hetero) is 1. The molecular weight excluding hydrogens is 419 g/mol. The zero-order chi connectivity index (χ0) is 23.1. The van der Waals surface area contributed by atoms with Crippen molar-refractivity contribution in [2.24, 2.45) is 5.41 Å². The molecule has 0 saturated carbocycles. The molecule has 8 heteroatoms. The highest BCUT2D eigenvalue weighted by Gasteiger charge is 2.26. The molecule has 0 aliphatic rings. The SMILES string of the molecule is Cc1cc(Cl)ccc1-c1nn(CC(=O)C(C)(C)C)c(=O)n1-c1ccc(C(C)(C)F)cn1. The Bertz CT molecular complexity index is 1180. The first-order valence-corrected chi connectivity index (χ1v) is 10.3. The number of aryl methyl sites for hydroxylation is 1. The van der Waals surface area contributed by atoms with E-state index in [1.54, 1.807) is 51.1 Å². The quantitative estimate of drug-likeness (QED) is 0.562. The molecule has 0 bridgehead atoms. The summed E-state index contributed by atoms with van der Waals surface area (Å²) in [5, 5.41) is 5.02. The molecule has 3 aromatic rings. The normalized spacial score (nSPS) is 12.3. The van der Waals surface area contributed by atoms with E-state index in [4.69, 9.17) is 11.6 Å². The number of pyridine rings is 1. The van der Waals surface area contributed by atoms with Crippen LogP contribution in [0.5, 0.6) is 0 Å². The summed E-state index contributed by atoms with van der Waals surface area (Å²) < 4.78 is 16.7. The van der Waals surface area contributed by atoms with Crippen molar-refractivity contribution in [3.8, 4) is 17.2 Å². The van der Waals surface area contributed by atoms with Crippen LogP contribution < -0.4 is 5.69 Å². The van der Waals surface area contributed by atoms with E-state index < -0.39 is 16.8 Å². The summed E-state index contributed by atoms with van der Waals surface area (Å²) in [5.41, 5.74) is -0.790. The molecule has 0 aliphatic heterocycles. The van der Waals surface area contributed by atoms with Crippen molar-refractivity contribution in [3.05, 3.63) is 63.2 Å². The first kappa shape index (κ1) is 22.9. The van der Waals surface area contributed by atoms with Crippen LogP contribution in [0, 0.1) is 12.3 Å². The second kappa shape index (κ2) is 8.04. The molecule has 0 atom stereocenters. The van der Waals surface area contributed by atoms with Crippen LogP contribution in [0.15, 0.2) is 41.3 Å². The zero-order valence-corrected chi connectivity index (χ0v) is 19.3. The van der Waals surface area contributed by atoms with Gasteiger partial charge in [-0.3, -0.25) is 4.79 Å². The van der Waals surface area contributed by atoms with E-state index in [1.807, 2.05) is 6.92 Å². The number of aromatic nitrogens is 4. The average molecular weight is 445 g/mol. The Morgan fingerprint density at radius 2 is 1.81 bits per heavy atom. The van der Waals surface area contributed by atoms with E-state index in [0.29, 0.717) is 22.0 Å². The van der Waals surface area contributed by atoms with Crippen LogP contribution in [0.1, 0.15) is 45.7 Å². The fourth-order valence-electron chi connectivity index (χ4n) is 3.01. The third-order valence-electron chi connectivity index (χ3n) is 5.06. The Balaban J connectivity index is 2.20. The Kier molecular flexibility index (Phi) is 5.93. The van der Waals surface area contributed by atoms with Crippen LogP contribution in [0.25, 0.3) is 17.2 Å². The highest BCUT2D eigenvalue weighted by Crippen LogP contribution is 2.27. The standard InChI is InChI=1S/C23H26ClFN4O2/c1-14-11-16(24)8-9-17(14)20-27-28(13-18(30)22(2,3)4)21(31)29(20)19-10-7-15(12-26-19)23(5,6)25/h7-12H,13H2,1-6H3. The molecule has 0 N–H and O–H groups in total. The molecule has 0 spiro atoms. The Labute approximate surface area is 185 Å². The number of alkyl halides is 1. The fraction of sp³-hybridized carbons (Fsp3) is 0.391. The number of nitrogens with zero attached hydrogens (tertiary/aromatic N) is 4. The molecule has 6 nitrogen and oxygen atoms in total. The van der Waals surface area contributed by atoms with Gasteiger partial charge in [-0.05, 0) is 50.6 Å². The van der Waals surface area contributed by atoms with Gasteiger partial charge in [-0.2, -0.15) is 0 Å². The van der Waals surface area contributed by atoms with Crippen LogP contribution >= 0.6 is 11.6 Å². The predicted molar refractivity (Wildman–Crippen MR) is 119 cm³/mol. The minimum atomic E-state index is -1.56. The van der Waals surface area contributed by atoms with Gasteiger partial charge in [-0.1, -0.05) is 38.4 Å². The largest absolute Gasteiger partial charge is 0.352 e. The van der Waals surface area contributed by atoms with E-state index in [9.17, 15) is 14.0 Å². The number of carbonyl (C=O) groups excluding carboxylic acids is 1. The molecular formula is C23H26ClFN4O2. The Morgan fingerprint density at radius 1 is 1.13 bits per heavy atom. The van der Waals surface area contributed by atoms with Gasteiger partial charge in [-0.25, -0.2) is 23.4 Å². The third-order valence-corrected chi connectivity index (χ3v) is 5.30. The second-order valence-corrected chi connectivity index (χ2v) is 9.55. The van der Waals surface area contributed by atoms with E-state index in [2.05, 4.69) is 10.1 Å². The van der Waals surface area contributed by atoms with Crippen molar-refractivity contribution in [1.82, 2.24) is 19.3 Å². The van der Waals surface area contributed by atoms with Crippen molar-refractivity contribution in [1.29, 1.82) is 0 Å². The maximum Gasteiger partial charge on any atom is 0.352 e. The lowest BCUT2D eigenvalue weighted by Gasteiger charge is -2.15. The smallest absolute Gasteiger partial charge is 0.297 e. The lowest BCUT2D eigenvalue weighted by Crippen LogP contribution is -2.32. The lowest BCUT2D eigenvalue weighted by molar-refractivity contribution is -0.127. The number of carbonyl (C=O) groups is 1. The van der Waals surface area contributed by atoms with Gasteiger partial charge in [0, 0.05) is 27.8 Å². The first-order chi connectivity index (χ1) is 14.3. The molecule has 0 amide bonds. The minimum absolute atomic E-state index is 0.124. The van der Waals surface area contributed by atoms with Gasteiger partial charge < -0.3 is 0 Å². The summed E-state index contributed by atoms with van der Waals surface area (Å²) in [4.78, 5) is 30.1. The molecule has 2 heterocycles. The molecule has 3 rings (SSSR count). The van der Waals surface area contributed by atoms with Crippen molar-refractivity contribution in [2.45, 2.75) is 53.8 Å². The van der Waals surface area contributed by atoms with Gasteiger partial charge in [-0.15, -0.1) is 5.10 Å². The van der Waals surface area contributed by atoms with Crippen molar-refractivity contribution >= 4 is 17.4 Å². The number of hydrogen-bond acceptors (Lipinski definition) is 4. The van der Waals surface area contributed by atoms with E-state index >= 15 is 0 Å². The Morgan fingerprint density at radius 3 is 2.32 bits per heavy atom. The third kappa shape index (κ3) is 4.77. The molecule has 1 aromatic carbocycles. The van der Waals surface area contributed by atoms with E-state index in [-0.39, 0.29) is 18.1 Å². The molecule has 2 aromatic heterocycles. The molecule has 0 radical (unpaired) electrons. The number of benzene rings is 1. The summed E-state index contributed by atoms with van der Waals surface area (Å²) in [6, 6.07) is 8.41. The number of halogens is 2. The summed E-state index contributed by atoms with van der Waals surface area (Å²) >= 11 is 6.09. The summed E-state index contributed by atoms with van der Waals surface area (Å²) in [6.45, 7) is 9.95. The molecule has 0 aliphatic carbocycles. The fourth-order valence-corrected chi connectivity index (χ4v) is 3.24.